The van der Waals surface area contributed by atoms with Crippen LogP contribution in [0.1, 0.15) is 65.5 Å². The maximum absolute atomic E-state index is 13.4. The predicted octanol–water partition coefficient (Wildman–Crippen LogP) is 4.50. The lowest BCUT2D eigenvalue weighted by molar-refractivity contribution is -0.243. The minimum Gasteiger partial charge on any atom is -0.486 e. The van der Waals surface area contributed by atoms with Gasteiger partial charge in [0.05, 0.1) is 12.1 Å². The number of esters is 2. The van der Waals surface area contributed by atoms with E-state index < -0.39 is 58.2 Å². The van der Waals surface area contributed by atoms with Crippen LogP contribution in [0.3, 0.4) is 0 Å². The van der Waals surface area contributed by atoms with Crippen molar-refractivity contribution in [3.8, 4) is 17.1 Å². The Morgan fingerprint density at radius 1 is 1.27 bits per heavy atom. The van der Waals surface area contributed by atoms with Gasteiger partial charge in [-0.05, 0) is 55.2 Å². The fraction of sp³-hybridized carbons (Fsp3) is 0.586. The molecule has 218 valence electrons. The van der Waals surface area contributed by atoms with Crippen LogP contribution in [-0.2, 0) is 19.1 Å². The quantitative estimate of drug-likeness (QED) is 0.236. The van der Waals surface area contributed by atoms with Crippen LogP contribution in [0.4, 0.5) is 0 Å². The molecule has 12 nitrogen and oxygen atoms in total. The molecule has 1 aliphatic heterocycles. The molecule has 0 aromatic carbocycles. The number of aromatic nitrogens is 1. The molecule has 3 heterocycles. The summed E-state index contributed by atoms with van der Waals surface area (Å²) in [5.41, 5.74) is 6.59. The molecule has 0 amide bonds. The monoisotopic (exact) mass is 566 g/mol. The van der Waals surface area contributed by atoms with E-state index in [1.807, 2.05) is 13.8 Å². The largest absolute Gasteiger partial charge is 0.486 e. The lowest BCUT2D eigenvalue weighted by Crippen LogP contribution is -2.70. The zero-order valence-electron chi connectivity index (χ0n) is 23.7. The summed E-state index contributed by atoms with van der Waals surface area (Å²) in [5, 5.41) is 16.1. The number of fused-ring (bicyclic) bond motifs is 4. The van der Waals surface area contributed by atoms with Crippen LogP contribution in [0, 0.1) is 22.7 Å². The van der Waals surface area contributed by atoms with Crippen LogP contribution in [0.2, 0.25) is 0 Å². The predicted molar refractivity (Wildman–Crippen MR) is 144 cm³/mol. The third-order valence-electron chi connectivity index (χ3n) is 9.64. The number of hydrogen-bond acceptors (Lipinski definition) is 10. The van der Waals surface area contributed by atoms with Crippen LogP contribution in [0.25, 0.3) is 21.8 Å². The summed E-state index contributed by atoms with van der Waals surface area (Å²) in [5.74, 6) is -1.64. The molecule has 1 N–H and O–H groups in total. The highest BCUT2D eigenvalue weighted by Crippen LogP contribution is 2.67. The zero-order chi connectivity index (χ0) is 29.7. The molecule has 2 aliphatic carbocycles. The van der Waals surface area contributed by atoms with Gasteiger partial charge in [-0.3, -0.25) is 14.6 Å². The molecule has 2 aromatic rings. The van der Waals surface area contributed by atoms with Gasteiger partial charge in [0.1, 0.15) is 35.4 Å². The highest BCUT2D eigenvalue weighted by Gasteiger charge is 2.69. The van der Waals surface area contributed by atoms with Crippen molar-refractivity contribution in [3.05, 3.63) is 57.0 Å². The van der Waals surface area contributed by atoms with E-state index in [-0.39, 0.29) is 29.6 Å². The Hall–Kier alpha value is -3.89. The van der Waals surface area contributed by atoms with E-state index in [9.17, 15) is 25.0 Å². The van der Waals surface area contributed by atoms with Gasteiger partial charge in [0.25, 0.3) is 0 Å². The number of carbonyl (C=O) groups is 2. The van der Waals surface area contributed by atoms with E-state index >= 15 is 0 Å². The summed E-state index contributed by atoms with van der Waals surface area (Å²) in [6.07, 6.45) is 2.48. The molecule has 12 heteroatoms. The Balaban J connectivity index is 1.66. The minimum absolute atomic E-state index is 0.00882. The normalized spacial score (nSPS) is 35.4. The number of carbonyl (C=O) groups excluding carboxylic acids is 2. The Bertz CT molecular complexity index is 1470. The van der Waals surface area contributed by atoms with E-state index in [0.29, 0.717) is 24.8 Å². The number of rotatable bonds is 5. The van der Waals surface area contributed by atoms with Crippen molar-refractivity contribution in [1.29, 1.82) is 0 Å². The average molecular weight is 567 g/mol. The number of ether oxygens (including phenoxy) is 3. The van der Waals surface area contributed by atoms with E-state index in [2.05, 4.69) is 15.0 Å². The van der Waals surface area contributed by atoms with Crippen LogP contribution in [0.5, 0.6) is 5.75 Å². The van der Waals surface area contributed by atoms with E-state index in [4.69, 9.17) is 18.6 Å². The summed E-state index contributed by atoms with van der Waals surface area (Å²) >= 11 is 0. The first-order chi connectivity index (χ1) is 19.3. The molecular formula is C29H34N4O8. The van der Waals surface area contributed by atoms with Crippen LogP contribution >= 0.6 is 0 Å². The number of pyridine rings is 1. The van der Waals surface area contributed by atoms with Crippen molar-refractivity contribution >= 4 is 11.9 Å². The van der Waals surface area contributed by atoms with Crippen LogP contribution < -0.4 is 10.4 Å². The van der Waals surface area contributed by atoms with Gasteiger partial charge in [-0.15, -0.1) is 0 Å². The summed E-state index contributed by atoms with van der Waals surface area (Å²) in [6, 6.07) is 4.23. The topological polar surface area (TPSA) is 174 Å². The SMILES string of the molecule is CC(=O)OC[C@@]1(C)C2C[C@@H](N=[N+]=[N-])[C@@]3(C)Oc4cc(-c5cccnc5)oc(=O)c4[C@H](O)C3[C@@]2(C)CC[C@@H]1OC(C)=O. The molecule has 5 rings (SSSR count). The highest BCUT2D eigenvalue weighted by molar-refractivity contribution is 5.67. The molecule has 0 saturated heterocycles. The fourth-order valence-corrected chi connectivity index (χ4v) is 7.91. The number of hydrogen-bond donors (Lipinski definition) is 1. The van der Waals surface area contributed by atoms with Crippen molar-refractivity contribution in [1.82, 2.24) is 4.98 Å². The van der Waals surface area contributed by atoms with Gasteiger partial charge >= 0.3 is 17.6 Å². The van der Waals surface area contributed by atoms with E-state index in [0.717, 1.165) is 0 Å². The molecule has 2 aromatic heterocycles. The lowest BCUT2D eigenvalue weighted by Gasteiger charge is -2.66. The lowest BCUT2D eigenvalue weighted by atomic mass is 9.42. The first-order valence-corrected chi connectivity index (χ1v) is 13.7. The highest BCUT2D eigenvalue weighted by atomic mass is 16.6. The Morgan fingerprint density at radius 2 is 2.02 bits per heavy atom. The third-order valence-corrected chi connectivity index (χ3v) is 9.64. The number of azide groups is 1. The molecule has 2 fully saturated rings. The second kappa shape index (κ2) is 10.2. The molecule has 2 saturated carbocycles. The maximum atomic E-state index is 13.4. The molecule has 0 spiro atoms. The van der Waals surface area contributed by atoms with Gasteiger partial charge in [-0.1, -0.05) is 19.0 Å². The molecule has 3 aliphatic rings. The second-order valence-corrected chi connectivity index (χ2v) is 12.1. The van der Waals surface area contributed by atoms with E-state index in [1.165, 1.54) is 13.8 Å². The maximum Gasteiger partial charge on any atom is 0.345 e. The fourth-order valence-electron chi connectivity index (χ4n) is 7.91. The minimum atomic E-state index is -1.32. The first kappa shape index (κ1) is 28.6. The van der Waals surface area contributed by atoms with Crippen molar-refractivity contribution in [2.24, 2.45) is 27.8 Å². The number of aliphatic hydroxyl groups is 1. The zero-order valence-corrected chi connectivity index (χ0v) is 23.7. The van der Waals surface area contributed by atoms with Gasteiger partial charge in [0, 0.05) is 54.1 Å². The summed E-state index contributed by atoms with van der Waals surface area (Å²) in [7, 11) is 0. The second-order valence-electron chi connectivity index (χ2n) is 12.1. The van der Waals surface area contributed by atoms with Gasteiger partial charge in [0.2, 0.25) is 0 Å². The molecule has 0 radical (unpaired) electrons. The van der Waals surface area contributed by atoms with Crippen molar-refractivity contribution in [3.63, 3.8) is 0 Å². The van der Waals surface area contributed by atoms with Gasteiger partial charge in [0.15, 0.2) is 0 Å². The number of nitrogens with zero attached hydrogens (tertiary/aromatic N) is 4. The molecular weight excluding hydrogens is 532 g/mol. The van der Waals surface area contributed by atoms with Crippen LogP contribution in [-0.4, -0.2) is 46.4 Å². The smallest absolute Gasteiger partial charge is 0.345 e. The van der Waals surface area contributed by atoms with Crippen molar-refractivity contribution < 1.29 is 33.3 Å². The molecule has 8 atom stereocenters. The Kier molecular flexibility index (Phi) is 7.11. The van der Waals surface area contributed by atoms with Crippen LogP contribution in [0.15, 0.2) is 44.9 Å². The molecule has 2 unspecified atom stereocenters. The Labute approximate surface area is 236 Å². The standard InChI is InChI=1S/C29H34N4O8/c1-15(34)38-14-28(4)20-12-21(32-33-30)29(5)25(27(20,3)9-8-22(28)39-16(2)35)24(36)23-19(41-29)11-18(40-26(23)37)17-7-6-10-31-13-17/h6-7,10-11,13,20-22,24-25,36H,8-9,12,14H2,1-5H3/t20?,21-,22+,24+,25?,27+,28+,29-/m1/s1. The molecule has 41 heavy (non-hydrogen) atoms. The third kappa shape index (κ3) is 4.55. The van der Waals surface area contributed by atoms with Gasteiger partial charge in [-0.25, -0.2) is 4.79 Å². The first-order valence-electron chi connectivity index (χ1n) is 13.7. The van der Waals surface area contributed by atoms with Gasteiger partial charge in [-0.2, -0.15) is 0 Å². The Morgan fingerprint density at radius 3 is 2.66 bits per heavy atom. The summed E-state index contributed by atoms with van der Waals surface area (Å²) in [4.78, 5) is 44.5. The number of aliphatic hydroxyl groups excluding tert-OH is 1. The molecule has 0 bridgehead atoms. The average Bonchev–Trinajstić information content (AvgIpc) is 2.90. The van der Waals surface area contributed by atoms with Gasteiger partial charge < -0.3 is 23.7 Å². The van der Waals surface area contributed by atoms with Crippen molar-refractivity contribution in [2.45, 2.75) is 77.7 Å². The summed E-state index contributed by atoms with van der Waals surface area (Å²) in [6.45, 7) is 8.28. The summed E-state index contributed by atoms with van der Waals surface area (Å²) < 4.78 is 23.5. The van der Waals surface area contributed by atoms with E-state index in [1.54, 1.807) is 37.5 Å². The van der Waals surface area contributed by atoms with Crippen molar-refractivity contribution in [2.75, 3.05) is 6.61 Å².